The van der Waals surface area contributed by atoms with Crippen LogP contribution in [0.4, 0.5) is 4.39 Å². The van der Waals surface area contributed by atoms with Crippen LogP contribution >= 0.6 is 0 Å². The summed E-state index contributed by atoms with van der Waals surface area (Å²) in [5, 5.41) is 9.47. The van der Waals surface area contributed by atoms with Crippen molar-refractivity contribution >= 4 is 0 Å². The Morgan fingerprint density at radius 1 is 1.18 bits per heavy atom. The van der Waals surface area contributed by atoms with Crippen LogP contribution in [-0.4, -0.2) is 17.8 Å². The van der Waals surface area contributed by atoms with Crippen LogP contribution in [0.1, 0.15) is 31.2 Å². The molecule has 2 unspecified atom stereocenters. The highest BCUT2D eigenvalue weighted by Crippen LogP contribution is 2.25. The zero-order chi connectivity index (χ0) is 15.9. The molecular formula is C18H22FNO2. The van der Waals surface area contributed by atoms with Crippen LogP contribution < -0.4 is 10.5 Å². The van der Waals surface area contributed by atoms with Gasteiger partial charge in [-0.1, -0.05) is 25.1 Å². The topological polar surface area (TPSA) is 55.5 Å². The zero-order valence-corrected chi connectivity index (χ0v) is 12.7. The standard InChI is InChI=1S/C18H22FNO2/c1-2-16(20)10-14(13-6-8-15(19)9-7-13)12-22-18-5-3-4-17(21)11-18/h3-9,11,14,16,21H,2,10,12,20H2,1H3. The summed E-state index contributed by atoms with van der Waals surface area (Å²) in [5.74, 6) is 0.604. The van der Waals surface area contributed by atoms with Crippen molar-refractivity contribution in [1.82, 2.24) is 0 Å². The van der Waals surface area contributed by atoms with Gasteiger partial charge in [-0.15, -0.1) is 0 Å². The van der Waals surface area contributed by atoms with E-state index < -0.39 is 0 Å². The lowest BCUT2D eigenvalue weighted by Crippen LogP contribution is -2.24. The number of ether oxygens (including phenoxy) is 1. The number of phenolic OH excluding ortho intramolecular Hbond substituents is 1. The average molecular weight is 303 g/mol. The maximum Gasteiger partial charge on any atom is 0.123 e. The Labute approximate surface area is 130 Å². The lowest BCUT2D eigenvalue weighted by Gasteiger charge is -2.21. The third kappa shape index (κ3) is 4.74. The summed E-state index contributed by atoms with van der Waals surface area (Å²) in [5.41, 5.74) is 7.07. The smallest absolute Gasteiger partial charge is 0.123 e. The number of halogens is 1. The molecule has 0 radical (unpaired) electrons. The fourth-order valence-corrected chi connectivity index (χ4v) is 2.34. The van der Waals surface area contributed by atoms with Crippen molar-refractivity contribution in [3.8, 4) is 11.5 Å². The van der Waals surface area contributed by atoms with Gasteiger partial charge in [-0.25, -0.2) is 4.39 Å². The summed E-state index contributed by atoms with van der Waals surface area (Å²) in [6.07, 6.45) is 1.64. The molecule has 0 spiro atoms. The van der Waals surface area contributed by atoms with E-state index in [0.29, 0.717) is 12.4 Å². The highest BCUT2D eigenvalue weighted by Gasteiger charge is 2.16. The Hall–Kier alpha value is -2.07. The van der Waals surface area contributed by atoms with Gasteiger partial charge in [0.2, 0.25) is 0 Å². The Bertz CT molecular complexity index is 586. The Morgan fingerprint density at radius 3 is 2.55 bits per heavy atom. The fraction of sp³-hybridized carbons (Fsp3) is 0.333. The number of hydrogen-bond donors (Lipinski definition) is 2. The van der Waals surface area contributed by atoms with Crippen molar-refractivity contribution in [2.24, 2.45) is 5.73 Å². The molecule has 0 aliphatic carbocycles. The second kappa shape index (κ2) is 7.80. The Balaban J connectivity index is 2.08. The first-order valence-corrected chi connectivity index (χ1v) is 7.51. The number of aromatic hydroxyl groups is 1. The molecule has 0 bridgehead atoms. The molecule has 0 aliphatic heterocycles. The summed E-state index contributed by atoms with van der Waals surface area (Å²) >= 11 is 0. The highest BCUT2D eigenvalue weighted by atomic mass is 19.1. The van der Waals surface area contributed by atoms with Crippen LogP contribution in [-0.2, 0) is 0 Å². The van der Waals surface area contributed by atoms with Gasteiger partial charge in [0.25, 0.3) is 0 Å². The van der Waals surface area contributed by atoms with Crippen LogP contribution in [0.2, 0.25) is 0 Å². The minimum atomic E-state index is -0.254. The minimum absolute atomic E-state index is 0.0721. The second-order valence-corrected chi connectivity index (χ2v) is 5.46. The highest BCUT2D eigenvalue weighted by molar-refractivity contribution is 5.32. The quantitative estimate of drug-likeness (QED) is 0.817. The molecule has 2 rings (SSSR count). The number of phenols is 1. The van der Waals surface area contributed by atoms with E-state index in [4.69, 9.17) is 10.5 Å². The van der Waals surface area contributed by atoms with E-state index in [0.717, 1.165) is 18.4 Å². The van der Waals surface area contributed by atoms with Gasteiger partial charge in [0.1, 0.15) is 17.3 Å². The first kappa shape index (κ1) is 16.3. The first-order chi connectivity index (χ1) is 10.6. The predicted octanol–water partition coefficient (Wildman–Crippen LogP) is 3.82. The molecule has 2 aromatic rings. The van der Waals surface area contributed by atoms with Crippen LogP contribution in [0.25, 0.3) is 0 Å². The van der Waals surface area contributed by atoms with Gasteiger partial charge in [-0.2, -0.15) is 0 Å². The minimum Gasteiger partial charge on any atom is -0.508 e. The molecule has 0 fully saturated rings. The maximum atomic E-state index is 13.1. The SMILES string of the molecule is CCC(N)CC(COc1cccc(O)c1)c1ccc(F)cc1. The normalized spacial score (nSPS) is 13.6. The molecule has 0 aliphatic rings. The molecule has 0 aromatic heterocycles. The van der Waals surface area contributed by atoms with Gasteiger partial charge >= 0.3 is 0 Å². The Kier molecular flexibility index (Phi) is 5.78. The summed E-state index contributed by atoms with van der Waals surface area (Å²) in [6, 6.07) is 13.2. The molecule has 2 aromatic carbocycles. The lowest BCUT2D eigenvalue weighted by atomic mass is 9.92. The summed E-state index contributed by atoms with van der Waals surface area (Å²) < 4.78 is 18.9. The average Bonchev–Trinajstić information content (AvgIpc) is 2.52. The molecular weight excluding hydrogens is 281 g/mol. The van der Waals surface area contributed by atoms with Crippen molar-refractivity contribution in [3.63, 3.8) is 0 Å². The van der Waals surface area contributed by atoms with Crippen LogP contribution in [0.3, 0.4) is 0 Å². The van der Waals surface area contributed by atoms with Crippen molar-refractivity contribution in [1.29, 1.82) is 0 Å². The fourth-order valence-electron chi connectivity index (χ4n) is 2.34. The lowest BCUT2D eigenvalue weighted by molar-refractivity contribution is 0.272. The van der Waals surface area contributed by atoms with Crippen molar-refractivity contribution in [2.75, 3.05) is 6.61 Å². The molecule has 3 N–H and O–H groups in total. The van der Waals surface area contributed by atoms with Gasteiger partial charge in [-0.05, 0) is 42.7 Å². The van der Waals surface area contributed by atoms with Crippen LogP contribution in [0.15, 0.2) is 48.5 Å². The van der Waals surface area contributed by atoms with Gasteiger partial charge in [-0.3, -0.25) is 0 Å². The van der Waals surface area contributed by atoms with Crippen molar-refractivity contribution in [3.05, 3.63) is 59.9 Å². The molecule has 2 atom stereocenters. The molecule has 0 saturated heterocycles. The molecule has 0 amide bonds. The summed E-state index contributed by atoms with van der Waals surface area (Å²) in [6.45, 7) is 2.48. The second-order valence-electron chi connectivity index (χ2n) is 5.46. The van der Waals surface area contributed by atoms with Crippen molar-refractivity contribution in [2.45, 2.75) is 31.7 Å². The molecule has 0 heterocycles. The van der Waals surface area contributed by atoms with Gasteiger partial charge < -0.3 is 15.6 Å². The van der Waals surface area contributed by atoms with Crippen LogP contribution in [0, 0.1) is 5.82 Å². The molecule has 4 heteroatoms. The van der Waals surface area contributed by atoms with Gasteiger partial charge in [0, 0.05) is 18.0 Å². The maximum absolute atomic E-state index is 13.1. The summed E-state index contributed by atoms with van der Waals surface area (Å²) in [7, 11) is 0. The van der Waals surface area contributed by atoms with E-state index in [1.165, 1.54) is 12.1 Å². The first-order valence-electron chi connectivity index (χ1n) is 7.51. The van der Waals surface area contributed by atoms with E-state index in [1.807, 2.05) is 6.92 Å². The van der Waals surface area contributed by atoms with E-state index >= 15 is 0 Å². The van der Waals surface area contributed by atoms with E-state index in [9.17, 15) is 9.50 Å². The number of benzene rings is 2. The monoisotopic (exact) mass is 303 g/mol. The van der Waals surface area contributed by atoms with Crippen molar-refractivity contribution < 1.29 is 14.2 Å². The number of nitrogens with two attached hydrogens (primary N) is 1. The van der Waals surface area contributed by atoms with E-state index in [1.54, 1.807) is 36.4 Å². The predicted molar refractivity (Wildman–Crippen MR) is 85.6 cm³/mol. The third-order valence-electron chi connectivity index (χ3n) is 3.72. The van der Waals surface area contributed by atoms with Gasteiger partial charge in [0.05, 0.1) is 6.61 Å². The van der Waals surface area contributed by atoms with Gasteiger partial charge in [0.15, 0.2) is 0 Å². The molecule has 118 valence electrons. The Morgan fingerprint density at radius 2 is 1.91 bits per heavy atom. The largest absolute Gasteiger partial charge is 0.508 e. The van der Waals surface area contributed by atoms with Crippen LogP contribution in [0.5, 0.6) is 11.5 Å². The van der Waals surface area contributed by atoms with E-state index in [2.05, 4.69) is 0 Å². The summed E-state index contributed by atoms with van der Waals surface area (Å²) in [4.78, 5) is 0. The molecule has 0 saturated carbocycles. The molecule has 22 heavy (non-hydrogen) atoms. The van der Waals surface area contributed by atoms with E-state index in [-0.39, 0.29) is 23.5 Å². The molecule has 3 nitrogen and oxygen atoms in total. The third-order valence-corrected chi connectivity index (χ3v) is 3.72. The number of hydrogen-bond acceptors (Lipinski definition) is 3. The number of rotatable bonds is 7. The zero-order valence-electron chi connectivity index (χ0n) is 12.7.